The molecule has 0 atom stereocenters. The van der Waals surface area contributed by atoms with Gasteiger partial charge in [-0.2, -0.15) is 12.7 Å². The van der Waals surface area contributed by atoms with Crippen LogP contribution in [0.3, 0.4) is 0 Å². The zero-order valence-corrected chi connectivity index (χ0v) is 31.1. The van der Waals surface area contributed by atoms with Gasteiger partial charge in [-0.05, 0) is 46.2 Å². The van der Waals surface area contributed by atoms with E-state index in [4.69, 9.17) is 9.47 Å². The number of carbonyl (C=O) groups excluding carboxylic acids is 1. The molecule has 0 spiro atoms. The molecular weight excluding hydrogens is 690 g/mol. The number of rotatable bonds is 16. The van der Waals surface area contributed by atoms with Crippen LogP contribution in [0.5, 0.6) is 0 Å². The van der Waals surface area contributed by atoms with Gasteiger partial charge >= 0.3 is 10.2 Å². The summed E-state index contributed by atoms with van der Waals surface area (Å²) < 4.78 is 74.0. The number of aromatic nitrogens is 2. The number of carbonyl (C=O) groups is 1. The molecule has 2 heterocycles. The molecule has 0 bridgehead atoms. The minimum Gasteiger partial charge on any atom is -0.361 e. The molecule has 0 amide bonds. The molecule has 3 rings (SSSR count). The first kappa shape index (κ1) is 36.5. The minimum absolute atomic E-state index is 0.00372. The van der Waals surface area contributed by atoms with Crippen LogP contribution >= 0.6 is 15.9 Å². The van der Waals surface area contributed by atoms with Crippen LogP contribution < -0.4 is 4.31 Å². The van der Waals surface area contributed by atoms with Crippen LogP contribution in [0.2, 0.25) is 51.4 Å². The van der Waals surface area contributed by atoms with Crippen molar-refractivity contribution in [2.75, 3.05) is 37.8 Å². The Morgan fingerprint density at radius 3 is 2.25 bits per heavy atom. The van der Waals surface area contributed by atoms with Crippen molar-refractivity contribution in [1.82, 2.24) is 13.9 Å². The average molecular weight is 734 g/mol. The number of pyridine rings is 1. The number of anilines is 1. The van der Waals surface area contributed by atoms with Crippen LogP contribution in [-0.2, 0) is 26.4 Å². The van der Waals surface area contributed by atoms with Gasteiger partial charge in [-0.25, -0.2) is 18.1 Å². The van der Waals surface area contributed by atoms with E-state index in [1.54, 1.807) is 23.8 Å². The molecule has 1 aromatic carbocycles. The van der Waals surface area contributed by atoms with Gasteiger partial charge in [-0.3, -0.25) is 4.79 Å². The first-order valence-electron chi connectivity index (χ1n) is 14.4. The lowest BCUT2D eigenvalue weighted by Crippen LogP contribution is -2.44. The second kappa shape index (κ2) is 14.6. The molecular formula is C29H43BrF2N4O5SSi2. The van der Waals surface area contributed by atoms with Crippen molar-refractivity contribution in [2.45, 2.75) is 65.0 Å². The van der Waals surface area contributed by atoms with Crippen molar-refractivity contribution >= 4 is 64.8 Å². The van der Waals surface area contributed by atoms with Crippen molar-refractivity contribution in [3.63, 3.8) is 0 Å². The van der Waals surface area contributed by atoms with E-state index >= 15 is 8.78 Å². The second-order valence-corrected chi connectivity index (χ2v) is 27.2. The number of benzene rings is 1. The van der Waals surface area contributed by atoms with Crippen LogP contribution in [0.4, 0.5) is 14.5 Å². The van der Waals surface area contributed by atoms with Gasteiger partial charge < -0.3 is 14.0 Å². The molecule has 244 valence electrons. The molecule has 0 saturated carbocycles. The SMILES string of the molecule is CCN(C)S(=O)(=O)N(COCC[Si](C)(C)C)c1ccc(F)c(C(=O)c2cn(COCC[Si](C)(C)C)c3ncc(Br)cc23)c1F. The minimum atomic E-state index is -4.28. The lowest BCUT2D eigenvalue weighted by Gasteiger charge is -2.29. The normalized spacial score (nSPS) is 12.8. The van der Waals surface area contributed by atoms with Gasteiger partial charge in [-0.1, -0.05) is 46.2 Å². The molecule has 2 aromatic heterocycles. The number of fused-ring (bicyclic) bond motifs is 1. The molecule has 3 aromatic rings. The van der Waals surface area contributed by atoms with Gasteiger partial charge in [0.05, 0.1) is 16.8 Å². The fourth-order valence-corrected chi connectivity index (χ4v) is 7.27. The summed E-state index contributed by atoms with van der Waals surface area (Å²) in [5.74, 6) is -3.37. The quantitative estimate of drug-likeness (QED) is 0.0686. The first-order valence-corrected chi connectivity index (χ1v) is 24.0. The number of nitrogens with zero attached hydrogens (tertiary/aromatic N) is 4. The Balaban J connectivity index is 2.06. The predicted molar refractivity (Wildman–Crippen MR) is 180 cm³/mol. The fraction of sp³-hybridized carbons (Fsp3) is 0.517. The highest BCUT2D eigenvalue weighted by molar-refractivity contribution is 9.10. The third-order valence-corrected chi connectivity index (χ3v) is 12.8. The molecule has 0 aliphatic heterocycles. The largest absolute Gasteiger partial charge is 0.361 e. The smallest absolute Gasteiger partial charge is 0.305 e. The molecule has 15 heteroatoms. The van der Waals surface area contributed by atoms with Gasteiger partial charge in [-0.15, -0.1) is 0 Å². The predicted octanol–water partition coefficient (Wildman–Crippen LogP) is 6.94. The molecule has 0 saturated heterocycles. The maximum absolute atomic E-state index is 16.3. The molecule has 9 nitrogen and oxygen atoms in total. The topological polar surface area (TPSA) is 94.0 Å². The summed E-state index contributed by atoms with van der Waals surface area (Å²) in [6.45, 7) is 15.3. The van der Waals surface area contributed by atoms with E-state index in [-0.39, 0.29) is 25.4 Å². The maximum Gasteiger partial charge on any atom is 0.305 e. The molecule has 0 fully saturated rings. The third-order valence-electron chi connectivity index (χ3n) is 7.04. The van der Waals surface area contributed by atoms with Gasteiger partial charge in [0.15, 0.2) is 5.82 Å². The Kier molecular flexibility index (Phi) is 12.1. The summed E-state index contributed by atoms with van der Waals surface area (Å²) >= 11 is 3.36. The fourth-order valence-electron chi connectivity index (χ4n) is 4.16. The highest BCUT2D eigenvalue weighted by Crippen LogP contribution is 2.32. The number of hydrogen-bond acceptors (Lipinski definition) is 6. The standard InChI is InChI=1S/C29H43BrF2N4O5SSi2/c1-9-34(2)42(38,39)36(20-41-13-15-44(6,7)8)25-11-10-24(31)26(27(25)32)28(37)23-18-35(19-40-12-14-43(3,4)5)29-22(23)16-21(30)17-33-29/h10-11,16-18H,9,12-15,19-20H2,1-8H3. The average Bonchev–Trinajstić information content (AvgIpc) is 3.27. The van der Waals surface area contributed by atoms with E-state index in [9.17, 15) is 13.2 Å². The van der Waals surface area contributed by atoms with Gasteiger partial charge in [0, 0.05) is 65.2 Å². The van der Waals surface area contributed by atoms with E-state index in [1.807, 2.05) is 0 Å². The van der Waals surface area contributed by atoms with Crippen LogP contribution in [0.25, 0.3) is 11.0 Å². The molecule has 0 aliphatic rings. The summed E-state index contributed by atoms with van der Waals surface area (Å²) in [4.78, 5) is 18.3. The van der Waals surface area contributed by atoms with Crippen molar-refractivity contribution < 1.29 is 31.5 Å². The highest BCUT2D eigenvalue weighted by Gasteiger charge is 2.33. The van der Waals surface area contributed by atoms with E-state index in [0.29, 0.717) is 22.1 Å². The molecule has 0 aliphatic carbocycles. The third kappa shape index (κ3) is 9.04. The highest BCUT2D eigenvalue weighted by atomic mass is 79.9. The Morgan fingerprint density at radius 2 is 1.66 bits per heavy atom. The van der Waals surface area contributed by atoms with Crippen molar-refractivity contribution in [1.29, 1.82) is 0 Å². The molecule has 0 radical (unpaired) electrons. The Bertz CT molecular complexity index is 1590. The Hall–Kier alpha value is -2.02. The molecule has 44 heavy (non-hydrogen) atoms. The van der Waals surface area contributed by atoms with Gasteiger partial charge in [0.2, 0.25) is 5.78 Å². The number of halogens is 3. The zero-order chi connectivity index (χ0) is 33.0. The van der Waals surface area contributed by atoms with Crippen LogP contribution in [0, 0.1) is 11.6 Å². The summed E-state index contributed by atoms with van der Waals surface area (Å²) in [6, 6.07) is 5.25. The molecule has 0 N–H and O–H groups in total. The second-order valence-electron chi connectivity index (χ2n) is 13.1. The summed E-state index contributed by atoms with van der Waals surface area (Å²) in [5, 5.41) is 0.368. The van der Waals surface area contributed by atoms with Gasteiger partial charge in [0.25, 0.3) is 0 Å². The van der Waals surface area contributed by atoms with E-state index in [0.717, 1.165) is 32.8 Å². The number of hydrogen-bond donors (Lipinski definition) is 0. The number of ether oxygens (including phenoxy) is 2. The van der Waals surface area contributed by atoms with E-state index < -0.39 is 61.8 Å². The Morgan fingerprint density at radius 1 is 1.05 bits per heavy atom. The van der Waals surface area contributed by atoms with E-state index in [2.05, 4.69) is 60.2 Å². The maximum atomic E-state index is 16.3. The molecule has 0 unspecified atom stereocenters. The van der Waals surface area contributed by atoms with Crippen molar-refractivity contribution in [3.8, 4) is 0 Å². The van der Waals surface area contributed by atoms with Crippen LogP contribution in [0.1, 0.15) is 22.8 Å². The summed E-state index contributed by atoms with van der Waals surface area (Å²) in [5.41, 5.74) is -0.946. The lowest BCUT2D eigenvalue weighted by molar-refractivity contribution is 0.0896. The van der Waals surface area contributed by atoms with E-state index in [1.165, 1.54) is 13.2 Å². The summed E-state index contributed by atoms with van der Waals surface area (Å²) in [7, 11) is -5.76. The van der Waals surface area contributed by atoms with Crippen LogP contribution in [-0.4, -0.2) is 77.7 Å². The van der Waals surface area contributed by atoms with Crippen LogP contribution in [0.15, 0.2) is 35.1 Å². The lowest BCUT2D eigenvalue weighted by atomic mass is 10.0. The monoisotopic (exact) mass is 732 g/mol. The zero-order valence-electron chi connectivity index (χ0n) is 26.7. The first-order chi connectivity index (χ1) is 20.4. The van der Waals surface area contributed by atoms with Gasteiger partial charge in [0.1, 0.15) is 24.9 Å². The Labute approximate surface area is 269 Å². The number of ketones is 1. The van der Waals surface area contributed by atoms with Crippen molar-refractivity contribution in [3.05, 3.63) is 57.8 Å². The van der Waals surface area contributed by atoms with Crippen molar-refractivity contribution in [2.24, 2.45) is 0 Å². The summed E-state index contributed by atoms with van der Waals surface area (Å²) in [6.07, 6.45) is 3.03.